The molecule has 44 heavy (non-hydrogen) atoms. The van der Waals surface area contributed by atoms with Crippen LogP contribution in [0.2, 0.25) is 0 Å². The lowest BCUT2D eigenvalue weighted by Crippen LogP contribution is -2.47. The Morgan fingerprint density at radius 2 is 1.73 bits per heavy atom. The molecule has 3 aromatic carbocycles. The van der Waals surface area contributed by atoms with Crippen LogP contribution in [0.1, 0.15) is 25.0 Å². The summed E-state index contributed by atoms with van der Waals surface area (Å²) >= 11 is 0. The van der Waals surface area contributed by atoms with Crippen LogP contribution in [-0.4, -0.2) is 79.6 Å². The van der Waals surface area contributed by atoms with E-state index in [-0.39, 0.29) is 43.8 Å². The van der Waals surface area contributed by atoms with Gasteiger partial charge in [0.05, 0.1) is 26.2 Å². The zero-order valence-corrected chi connectivity index (χ0v) is 25.5. The Labute approximate surface area is 257 Å². The molecule has 2 aliphatic heterocycles. The van der Waals surface area contributed by atoms with Crippen LogP contribution in [-0.2, 0) is 17.8 Å². The summed E-state index contributed by atoms with van der Waals surface area (Å²) in [5.41, 5.74) is 2.87. The van der Waals surface area contributed by atoms with Crippen molar-refractivity contribution in [2.75, 3.05) is 51.3 Å². The molecule has 0 bridgehead atoms. The Bertz CT molecular complexity index is 1460. The number of methoxy groups -OCH3 is 1. The SMILES string of the molecule is COc1ccc(CN(C)C[C@H]2Oc3ccc(NC(=O)Nc4ccc5c(c4)OCO5)cc3CC(=O)N([C@@H](C)CO)C[C@H]2C)cc1. The van der Waals surface area contributed by atoms with Gasteiger partial charge in [-0.2, -0.15) is 0 Å². The van der Waals surface area contributed by atoms with E-state index in [0.717, 1.165) is 11.3 Å². The minimum atomic E-state index is -0.443. The zero-order chi connectivity index (χ0) is 31.2. The average Bonchev–Trinajstić information content (AvgIpc) is 3.49. The van der Waals surface area contributed by atoms with Crippen molar-refractivity contribution in [2.24, 2.45) is 5.92 Å². The number of aliphatic hydroxyl groups is 1. The maximum absolute atomic E-state index is 13.5. The van der Waals surface area contributed by atoms with Gasteiger partial charge in [-0.3, -0.25) is 9.69 Å². The normalized spacial score (nSPS) is 18.4. The van der Waals surface area contributed by atoms with Crippen LogP contribution in [0.25, 0.3) is 0 Å². The maximum atomic E-state index is 13.5. The van der Waals surface area contributed by atoms with E-state index in [1.165, 1.54) is 0 Å². The summed E-state index contributed by atoms with van der Waals surface area (Å²) in [5.74, 6) is 2.45. The largest absolute Gasteiger partial charge is 0.497 e. The quantitative estimate of drug-likeness (QED) is 0.330. The first-order valence-corrected chi connectivity index (χ1v) is 14.7. The number of hydrogen-bond acceptors (Lipinski definition) is 8. The van der Waals surface area contributed by atoms with Crippen LogP contribution in [0.5, 0.6) is 23.0 Å². The number of nitrogens with one attached hydrogen (secondary N) is 2. The summed E-state index contributed by atoms with van der Waals surface area (Å²) in [6.45, 7) is 5.67. The van der Waals surface area contributed by atoms with E-state index in [0.29, 0.717) is 53.8 Å². The number of hydrogen-bond donors (Lipinski definition) is 3. The van der Waals surface area contributed by atoms with Crippen molar-refractivity contribution >= 4 is 23.3 Å². The topological polar surface area (TPSA) is 122 Å². The number of likely N-dealkylation sites (N-methyl/N-ethyl adjacent to an activating group) is 1. The number of aliphatic hydroxyl groups excluding tert-OH is 1. The summed E-state index contributed by atoms with van der Waals surface area (Å²) in [7, 11) is 3.69. The zero-order valence-electron chi connectivity index (χ0n) is 25.5. The molecule has 11 heteroatoms. The predicted molar refractivity (Wildman–Crippen MR) is 167 cm³/mol. The fraction of sp³-hybridized carbons (Fsp3) is 0.394. The Kier molecular flexibility index (Phi) is 9.76. The molecule has 0 fully saturated rings. The maximum Gasteiger partial charge on any atom is 0.323 e. The van der Waals surface area contributed by atoms with Crippen LogP contribution in [0.4, 0.5) is 16.2 Å². The van der Waals surface area contributed by atoms with Crippen molar-refractivity contribution in [3.63, 3.8) is 0 Å². The van der Waals surface area contributed by atoms with Gasteiger partial charge < -0.3 is 39.6 Å². The monoisotopic (exact) mass is 604 g/mol. The standard InChI is InChI=1S/C33H40N4O7/c1-21-16-37(22(2)19-38)32(39)14-24-13-25(34-33(40)35-26-8-12-29-30(15-26)43-20-42-29)7-11-28(24)44-31(21)18-36(3)17-23-5-9-27(41-4)10-6-23/h5-13,15,21-22,31,38H,14,16-20H2,1-4H3,(H2,34,35,40)/t21-,22+,31-/m1/s1. The Morgan fingerprint density at radius 1 is 1.05 bits per heavy atom. The number of nitrogens with zero attached hydrogens (tertiary/aromatic N) is 2. The van der Waals surface area contributed by atoms with Crippen molar-refractivity contribution in [3.05, 3.63) is 71.8 Å². The molecule has 0 unspecified atom stereocenters. The second-order valence-corrected chi connectivity index (χ2v) is 11.4. The van der Waals surface area contributed by atoms with Gasteiger partial charge in [0.15, 0.2) is 11.5 Å². The van der Waals surface area contributed by atoms with Gasteiger partial charge >= 0.3 is 6.03 Å². The van der Waals surface area contributed by atoms with Crippen molar-refractivity contribution in [2.45, 2.75) is 39.0 Å². The van der Waals surface area contributed by atoms with Crippen LogP contribution < -0.4 is 29.6 Å². The molecule has 0 saturated heterocycles. The number of rotatable bonds is 9. The van der Waals surface area contributed by atoms with E-state index in [4.69, 9.17) is 18.9 Å². The van der Waals surface area contributed by atoms with E-state index < -0.39 is 6.03 Å². The summed E-state index contributed by atoms with van der Waals surface area (Å²) in [6, 6.07) is 17.7. The van der Waals surface area contributed by atoms with Crippen molar-refractivity contribution in [1.29, 1.82) is 0 Å². The van der Waals surface area contributed by atoms with Crippen LogP contribution in [0.3, 0.4) is 0 Å². The molecule has 3 atom stereocenters. The van der Waals surface area contributed by atoms with Crippen LogP contribution >= 0.6 is 0 Å². The highest BCUT2D eigenvalue weighted by molar-refractivity contribution is 6.00. The summed E-state index contributed by atoms with van der Waals surface area (Å²) in [5, 5.41) is 15.6. The molecule has 3 aromatic rings. The van der Waals surface area contributed by atoms with Gasteiger partial charge in [-0.15, -0.1) is 0 Å². The van der Waals surface area contributed by atoms with Crippen molar-refractivity contribution < 1.29 is 33.6 Å². The van der Waals surface area contributed by atoms with E-state index in [1.807, 2.05) is 38.2 Å². The minimum Gasteiger partial charge on any atom is -0.497 e. The molecule has 0 aromatic heterocycles. The number of urea groups is 1. The number of carbonyl (C=O) groups excluding carboxylic acids is 2. The number of fused-ring (bicyclic) bond motifs is 2. The van der Waals surface area contributed by atoms with E-state index in [9.17, 15) is 14.7 Å². The second kappa shape index (κ2) is 13.9. The first-order valence-electron chi connectivity index (χ1n) is 14.7. The molecule has 0 radical (unpaired) electrons. The lowest BCUT2D eigenvalue weighted by Gasteiger charge is -2.34. The van der Waals surface area contributed by atoms with Gasteiger partial charge in [0.1, 0.15) is 17.6 Å². The number of benzene rings is 3. The van der Waals surface area contributed by atoms with E-state index >= 15 is 0 Å². The lowest BCUT2D eigenvalue weighted by atomic mass is 10.0. The third-order valence-corrected chi connectivity index (χ3v) is 7.91. The molecule has 2 heterocycles. The molecule has 3 N–H and O–H groups in total. The number of amides is 3. The van der Waals surface area contributed by atoms with Gasteiger partial charge in [-0.05, 0) is 62.0 Å². The highest BCUT2D eigenvalue weighted by atomic mass is 16.7. The van der Waals surface area contributed by atoms with Gasteiger partial charge in [-0.1, -0.05) is 19.1 Å². The smallest absolute Gasteiger partial charge is 0.323 e. The average molecular weight is 605 g/mol. The fourth-order valence-corrected chi connectivity index (χ4v) is 5.41. The third-order valence-electron chi connectivity index (χ3n) is 7.91. The Hall–Kier alpha value is -4.48. The number of carbonyl (C=O) groups is 2. The summed E-state index contributed by atoms with van der Waals surface area (Å²) in [4.78, 5) is 30.3. The molecule has 0 aliphatic carbocycles. The second-order valence-electron chi connectivity index (χ2n) is 11.4. The molecular formula is C33H40N4O7. The van der Waals surface area contributed by atoms with E-state index in [2.05, 4.69) is 22.5 Å². The molecule has 3 amide bonds. The molecule has 5 rings (SSSR count). The first-order chi connectivity index (χ1) is 21.2. The minimum absolute atomic E-state index is 0.0255. The number of anilines is 2. The lowest BCUT2D eigenvalue weighted by molar-refractivity contribution is -0.134. The van der Waals surface area contributed by atoms with Gasteiger partial charge in [0.25, 0.3) is 0 Å². The van der Waals surface area contributed by atoms with Crippen molar-refractivity contribution in [1.82, 2.24) is 9.80 Å². The van der Waals surface area contributed by atoms with Gasteiger partial charge in [0.2, 0.25) is 12.7 Å². The highest BCUT2D eigenvalue weighted by Gasteiger charge is 2.31. The fourth-order valence-electron chi connectivity index (χ4n) is 5.41. The van der Waals surface area contributed by atoms with Crippen LogP contribution in [0, 0.1) is 5.92 Å². The highest BCUT2D eigenvalue weighted by Crippen LogP contribution is 2.34. The van der Waals surface area contributed by atoms with Crippen LogP contribution in [0.15, 0.2) is 60.7 Å². The predicted octanol–water partition coefficient (Wildman–Crippen LogP) is 4.35. The Morgan fingerprint density at radius 3 is 2.43 bits per heavy atom. The molecule has 234 valence electrons. The summed E-state index contributed by atoms with van der Waals surface area (Å²) in [6.07, 6.45) is -0.176. The van der Waals surface area contributed by atoms with Gasteiger partial charge in [0, 0.05) is 48.6 Å². The van der Waals surface area contributed by atoms with Gasteiger partial charge in [-0.25, -0.2) is 4.79 Å². The molecule has 0 saturated carbocycles. The van der Waals surface area contributed by atoms with E-state index in [1.54, 1.807) is 48.4 Å². The first kappa shape index (κ1) is 31.0. The number of ether oxygens (including phenoxy) is 4. The molecule has 0 spiro atoms. The molecular weight excluding hydrogens is 564 g/mol. The molecule has 2 aliphatic rings. The summed E-state index contributed by atoms with van der Waals surface area (Å²) < 4.78 is 22.6. The van der Waals surface area contributed by atoms with Crippen molar-refractivity contribution in [3.8, 4) is 23.0 Å². The molecule has 11 nitrogen and oxygen atoms in total. The Balaban J connectivity index is 1.33. The third kappa shape index (κ3) is 7.53.